The lowest BCUT2D eigenvalue weighted by molar-refractivity contribution is 0.0624. The zero-order valence-electron chi connectivity index (χ0n) is 14.1. The predicted molar refractivity (Wildman–Crippen MR) is 93.3 cm³/mol. The van der Waals surface area contributed by atoms with Gasteiger partial charge in [0.05, 0.1) is 11.7 Å². The lowest BCUT2D eigenvalue weighted by atomic mass is 10.0. The van der Waals surface area contributed by atoms with Gasteiger partial charge in [0, 0.05) is 32.2 Å². The van der Waals surface area contributed by atoms with E-state index in [4.69, 9.17) is 4.74 Å². The summed E-state index contributed by atoms with van der Waals surface area (Å²) in [5.74, 6) is 0.654. The molecule has 0 aliphatic carbocycles. The number of β-amino-alcohol motifs (C(OH)–C–C–N with tert-alkyl or cyclic N) is 1. The molecule has 3 rings (SSSR count). The number of carbonyl (C=O) groups excluding carboxylic acids is 1. The molecule has 1 aromatic rings. The summed E-state index contributed by atoms with van der Waals surface area (Å²) < 4.78 is 5.61. The minimum atomic E-state index is -0.182. The molecule has 24 heavy (non-hydrogen) atoms. The third kappa shape index (κ3) is 3.79. The van der Waals surface area contributed by atoms with Crippen LogP contribution in [0.4, 0.5) is 0 Å². The molecule has 1 N–H and O–H groups in total. The first-order valence-corrected chi connectivity index (χ1v) is 8.73. The molecule has 2 aliphatic heterocycles. The predicted octanol–water partition coefficient (Wildman–Crippen LogP) is 1.92. The number of likely N-dealkylation sites (tertiary alicyclic amines) is 2. The fourth-order valence-electron chi connectivity index (χ4n) is 3.62. The van der Waals surface area contributed by atoms with Crippen LogP contribution in [0.2, 0.25) is 0 Å². The van der Waals surface area contributed by atoms with Crippen molar-refractivity contribution in [1.82, 2.24) is 9.80 Å². The highest BCUT2D eigenvalue weighted by Crippen LogP contribution is 2.25. The van der Waals surface area contributed by atoms with Crippen LogP contribution in [0.1, 0.15) is 29.6 Å². The molecular weight excluding hydrogens is 304 g/mol. The van der Waals surface area contributed by atoms with Gasteiger partial charge in [-0.3, -0.25) is 9.69 Å². The van der Waals surface area contributed by atoms with Crippen molar-refractivity contribution in [3.63, 3.8) is 0 Å². The van der Waals surface area contributed by atoms with E-state index in [-0.39, 0.29) is 12.0 Å². The monoisotopic (exact) mass is 330 g/mol. The lowest BCUT2D eigenvalue weighted by Crippen LogP contribution is -2.46. The van der Waals surface area contributed by atoms with Crippen molar-refractivity contribution in [2.75, 3.05) is 32.8 Å². The van der Waals surface area contributed by atoms with Crippen LogP contribution in [0.5, 0.6) is 5.75 Å². The average molecular weight is 330 g/mol. The Kier molecular flexibility index (Phi) is 5.53. The Morgan fingerprint density at radius 3 is 2.67 bits per heavy atom. The summed E-state index contributed by atoms with van der Waals surface area (Å²) in [4.78, 5) is 17.1. The number of para-hydroxylation sites is 1. The zero-order chi connectivity index (χ0) is 16.9. The number of aliphatic hydroxyl groups is 1. The molecule has 1 amide bonds. The van der Waals surface area contributed by atoms with Crippen LogP contribution < -0.4 is 4.74 Å². The maximum atomic E-state index is 12.8. The first kappa shape index (κ1) is 17.0. The molecule has 130 valence electrons. The summed E-state index contributed by atoms with van der Waals surface area (Å²) in [6.45, 7) is 7.30. The van der Waals surface area contributed by atoms with Crippen molar-refractivity contribution < 1.29 is 14.6 Å². The van der Waals surface area contributed by atoms with Gasteiger partial charge >= 0.3 is 0 Å². The van der Waals surface area contributed by atoms with E-state index in [2.05, 4.69) is 11.5 Å². The number of amides is 1. The van der Waals surface area contributed by atoms with Gasteiger partial charge in [0.2, 0.25) is 0 Å². The molecule has 0 radical (unpaired) electrons. The van der Waals surface area contributed by atoms with E-state index in [0.29, 0.717) is 24.0 Å². The summed E-state index contributed by atoms with van der Waals surface area (Å²) in [6, 6.07) is 7.88. The quantitative estimate of drug-likeness (QED) is 0.838. The number of benzene rings is 1. The van der Waals surface area contributed by atoms with Crippen LogP contribution in [0.25, 0.3) is 0 Å². The highest BCUT2D eigenvalue weighted by atomic mass is 16.5. The largest absolute Gasteiger partial charge is 0.489 e. The maximum Gasteiger partial charge on any atom is 0.257 e. The van der Waals surface area contributed by atoms with Crippen molar-refractivity contribution in [3.05, 3.63) is 42.5 Å². The number of hydrogen-bond acceptors (Lipinski definition) is 4. The van der Waals surface area contributed by atoms with Crippen LogP contribution in [0, 0.1) is 0 Å². The Morgan fingerprint density at radius 1 is 1.25 bits per heavy atom. The number of rotatable bonds is 5. The number of ether oxygens (including phenoxy) is 1. The molecule has 2 heterocycles. The van der Waals surface area contributed by atoms with Gasteiger partial charge in [-0.25, -0.2) is 0 Å². The van der Waals surface area contributed by atoms with Gasteiger partial charge < -0.3 is 14.7 Å². The van der Waals surface area contributed by atoms with Crippen LogP contribution in [-0.4, -0.2) is 65.7 Å². The fourth-order valence-corrected chi connectivity index (χ4v) is 3.62. The van der Waals surface area contributed by atoms with E-state index in [9.17, 15) is 9.90 Å². The molecule has 0 saturated carbocycles. The van der Waals surface area contributed by atoms with Gasteiger partial charge in [0.15, 0.2) is 0 Å². The fraction of sp³-hybridized carbons (Fsp3) is 0.526. The summed E-state index contributed by atoms with van der Waals surface area (Å²) in [5, 5.41) is 9.69. The second-order valence-electron chi connectivity index (χ2n) is 6.56. The van der Waals surface area contributed by atoms with Crippen LogP contribution in [-0.2, 0) is 0 Å². The van der Waals surface area contributed by atoms with E-state index in [1.165, 1.54) is 0 Å². The normalized spacial score (nSPS) is 22.5. The lowest BCUT2D eigenvalue weighted by Gasteiger charge is -2.36. The molecule has 2 fully saturated rings. The van der Waals surface area contributed by atoms with Crippen LogP contribution in [0.15, 0.2) is 36.9 Å². The van der Waals surface area contributed by atoms with E-state index < -0.39 is 0 Å². The van der Waals surface area contributed by atoms with E-state index in [1.54, 1.807) is 6.08 Å². The van der Waals surface area contributed by atoms with Gasteiger partial charge in [-0.05, 0) is 31.4 Å². The average Bonchev–Trinajstić information content (AvgIpc) is 3.06. The molecule has 1 unspecified atom stereocenters. The summed E-state index contributed by atoms with van der Waals surface area (Å²) in [6.07, 6.45) is 4.30. The van der Waals surface area contributed by atoms with Crippen molar-refractivity contribution >= 4 is 5.91 Å². The third-order valence-corrected chi connectivity index (χ3v) is 4.94. The third-order valence-electron chi connectivity index (χ3n) is 4.94. The van der Waals surface area contributed by atoms with Gasteiger partial charge in [-0.2, -0.15) is 0 Å². The minimum Gasteiger partial charge on any atom is -0.489 e. The van der Waals surface area contributed by atoms with Crippen molar-refractivity contribution in [1.29, 1.82) is 0 Å². The molecular formula is C19H26N2O3. The van der Waals surface area contributed by atoms with E-state index in [1.807, 2.05) is 29.2 Å². The smallest absolute Gasteiger partial charge is 0.257 e. The second kappa shape index (κ2) is 7.81. The first-order chi connectivity index (χ1) is 11.7. The maximum absolute atomic E-state index is 12.8. The molecule has 5 heteroatoms. The Bertz CT molecular complexity index is 582. The van der Waals surface area contributed by atoms with Crippen LogP contribution >= 0.6 is 0 Å². The number of nitrogens with zero attached hydrogens (tertiary/aromatic N) is 2. The SMILES string of the molecule is C=CCOc1ccccc1C(=O)N1CCC(N2CCC(O)C2)CC1. The molecule has 0 aromatic heterocycles. The molecule has 2 aliphatic rings. The Morgan fingerprint density at radius 2 is 2.00 bits per heavy atom. The molecule has 2 saturated heterocycles. The molecule has 0 bridgehead atoms. The number of piperidine rings is 1. The summed E-state index contributed by atoms with van der Waals surface area (Å²) in [7, 11) is 0. The first-order valence-electron chi connectivity index (χ1n) is 8.73. The standard InChI is InChI=1S/C19H26N2O3/c1-2-13-24-18-6-4-3-5-17(18)19(23)20-10-7-15(8-11-20)21-12-9-16(22)14-21/h2-6,15-16,22H,1,7-14H2. The van der Waals surface area contributed by atoms with Gasteiger partial charge in [-0.1, -0.05) is 24.8 Å². The Hall–Kier alpha value is -1.85. The molecule has 1 aromatic carbocycles. The van der Waals surface area contributed by atoms with Crippen LogP contribution in [0.3, 0.4) is 0 Å². The minimum absolute atomic E-state index is 0.0366. The number of hydrogen-bond donors (Lipinski definition) is 1. The second-order valence-corrected chi connectivity index (χ2v) is 6.56. The van der Waals surface area contributed by atoms with Crippen molar-refractivity contribution in [2.24, 2.45) is 0 Å². The molecule has 1 atom stereocenters. The Balaban J connectivity index is 1.60. The van der Waals surface area contributed by atoms with Gasteiger partial charge in [0.1, 0.15) is 12.4 Å². The van der Waals surface area contributed by atoms with E-state index >= 15 is 0 Å². The summed E-state index contributed by atoms with van der Waals surface area (Å²) in [5.41, 5.74) is 0.620. The van der Waals surface area contributed by atoms with Crippen molar-refractivity contribution in [2.45, 2.75) is 31.4 Å². The van der Waals surface area contributed by atoms with Gasteiger partial charge in [0.25, 0.3) is 5.91 Å². The highest BCUT2D eigenvalue weighted by Gasteiger charge is 2.31. The topological polar surface area (TPSA) is 53.0 Å². The number of carbonyl (C=O) groups is 1. The highest BCUT2D eigenvalue weighted by molar-refractivity contribution is 5.97. The number of aliphatic hydroxyl groups excluding tert-OH is 1. The van der Waals surface area contributed by atoms with Gasteiger partial charge in [-0.15, -0.1) is 0 Å². The molecule has 0 spiro atoms. The van der Waals surface area contributed by atoms with Crippen molar-refractivity contribution in [3.8, 4) is 5.75 Å². The Labute approximate surface area is 143 Å². The zero-order valence-corrected chi connectivity index (χ0v) is 14.1. The molecule has 5 nitrogen and oxygen atoms in total. The summed E-state index contributed by atoms with van der Waals surface area (Å²) >= 11 is 0. The van der Waals surface area contributed by atoms with E-state index in [0.717, 1.165) is 45.4 Å².